The van der Waals surface area contributed by atoms with Crippen molar-refractivity contribution >= 4 is 16.7 Å². The third-order valence-corrected chi connectivity index (χ3v) is 6.99. The first-order chi connectivity index (χ1) is 18.4. The lowest BCUT2D eigenvalue weighted by Gasteiger charge is -2.18. The average Bonchev–Trinajstić information content (AvgIpc) is 3.47. The molecule has 0 saturated heterocycles. The van der Waals surface area contributed by atoms with Crippen LogP contribution in [-0.4, -0.2) is 35.8 Å². The summed E-state index contributed by atoms with van der Waals surface area (Å²) in [4.78, 5) is 26.8. The van der Waals surface area contributed by atoms with Gasteiger partial charge in [0.1, 0.15) is 5.82 Å². The number of halogens is 1. The van der Waals surface area contributed by atoms with Gasteiger partial charge in [-0.3, -0.25) is 14.2 Å². The maximum Gasteiger partial charge on any atom is 0.272 e. The number of aromatic hydroxyl groups is 2. The molecule has 0 radical (unpaired) electrons. The van der Waals surface area contributed by atoms with E-state index in [-0.39, 0.29) is 48.9 Å². The van der Waals surface area contributed by atoms with E-state index in [0.29, 0.717) is 33.2 Å². The molecule has 9 heteroatoms. The number of aromatic amines is 1. The van der Waals surface area contributed by atoms with E-state index >= 15 is 0 Å². The summed E-state index contributed by atoms with van der Waals surface area (Å²) in [6, 6.07) is 20.8. The summed E-state index contributed by atoms with van der Waals surface area (Å²) in [6.07, 6.45) is 0.282. The predicted octanol–water partition coefficient (Wildman–Crippen LogP) is 4.07. The van der Waals surface area contributed by atoms with E-state index in [1.807, 2.05) is 36.4 Å². The normalized spacial score (nSPS) is 12.7. The second-order valence-corrected chi connectivity index (χ2v) is 9.37. The van der Waals surface area contributed by atoms with Gasteiger partial charge in [0.25, 0.3) is 11.5 Å². The van der Waals surface area contributed by atoms with Gasteiger partial charge in [0, 0.05) is 22.9 Å². The zero-order valence-corrected chi connectivity index (χ0v) is 20.2. The van der Waals surface area contributed by atoms with Gasteiger partial charge in [-0.05, 0) is 29.3 Å². The fraction of sp³-hybridized carbons (Fsp3) is 0.138. The summed E-state index contributed by atoms with van der Waals surface area (Å²) < 4.78 is 16.2. The number of nitrogens with zero attached hydrogens (tertiary/aromatic N) is 3. The Morgan fingerprint density at radius 2 is 1.55 bits per heavy atom. The molecule has 3 aromatic carbocycles. The first kappa shape index (κ1) is 23.5. The van der Waals surface area contributed by atoms with E-state index < -0.39 is 11.7 Å². The van der Waals surface area contributed by atoms with E-state index in [0.717, 1.165) is 5.56 Å². The molecule has 1 aliphatic heterocycles. The molecule has 3 heterocycles. The van der Waals surface area contributed by atoms with Crippen LogP contribution in [0.15, 0.2) is 77.6 Å². The van der Waals surface area contributed by atoms with Crippen molar-refractivity contribution in [2.75, 3.05) is 0 Å². The van der Waals surface area contributed by atoms with E-state index in [4.69, 9.17) is 0 Å². The van der Waals surface area contributed by atoms with Crippen LogP contribution >= 0.6 is 0 Å². The minimum atomic E-state index is -0.669. The molecule has 0 aliphatic carbocycles. The Bertz CT molecular complexity index is 1730. The fourth-order valence-electron chi connectivity index (χ4n) is 5.04. The van der Waals surface area contributed by atoms with Crippen molar-refractivity contribution in [2.45, 2.75) is 26.1 Å². The summed E-state index contributed by atoms with van der Waals surface area (Å²) in [5.74, 6) is -1.44. The Labute approximate surface area is 216 Å². The molecule has 0 bridgehead atoms. The topological polar surface area (TPSA) is 111 Å². The van der Waals surface area contributed by atoms with Crippen LogP contribution < -0.4 is 5.56 Å². The third-order valence-electron chi connectivity index (χ3n) is 6.99. The second kappa shape index (κ2) is 9.19. The standard InChI is InChI=1S/C29H23FN4O4/c30-24-11-10-18(13-25-19-8-4-5-9-20(19)26(35)32-31-25)12-21(24)27(36)33-15-22-23(16-33)29(38)34(28(22)37)14-17-6-2-1-3-7-17/h1-12,37-38H,13-16H2,(H,32,35). The van der Waals surface area contributed by atoms with Gasteiger partial charge in [-0.25, -0.2) is 9.49 Å². The number of nitrogens with one attached hydrogen (secondary N) is 1. The number of hydrogen-bond acceptors (Lipinski definition) is 5. The van der Waals surface area contributed by atoms with E-state index in [1.54, 1.807) is 24.3 Å². The van der Waals surface area contributed by atoms with Crippen LogP contribution in [0.2, 0.25) is 0 Å². The van der Waals surface area contributed by atoms with Gasteiger partial charge in [0.05, 0.1) is 36.3 Å². The van der Waals surface area contributed by atoms with Gasteiger partial charge in [-0.2, -0.15) is 5.10 Å². The Kier molecular flexibility index (Phi) is 5.68. The van der Waals surface area contributed by atoms with Gasteiger partial charge in [-0.1, -0.05) is 54.6 Å². The number of benzene rings is 3. The van der Waals surface area contributed by atoms with E-state index in [9.17, 15) is 24.2 Å². The Hall–Kier alpha value is -4.92. The summed E-state index contributed by atoms with van der Waals surface area (Å²) in [7, 11) is 0. The summed E-state index contributed by atoms with van der Waals surface area (Å²) in [6.45, 7) is 0.375. The molecule has 5 aromatic rings. The molecule has 6 rings (SSSR count). The largest absolute Gasteiger partial charge is 0.494 e. The Morgan fingerprint density at radius 3 is 2.26 bits per heavy atom. The quantitative estimate of drug-likeness (QED) is 0.330. The number of amides is 1. The number of aromatic nitrogens is 3. The zero-order valence-electron chi connectivity index (χ0n) is 20.2. The van der Waals surface area contributed by atoms with Gasteiger partial charge in [-0.15, -0.1) is 0 Å². The highest BCUT2D eigenvalue weighted by atomic mass is 19.1. The smallest absolute Gasteiger partial charge is 0.272 e. The summed E-state index contributed by atoms with van der Waals surface area (Å²) in [5.41, 5.74) is 2.65. The van der Waals surface area contributed by atoms with Crippen molar-refractivity contribution in [3.63, 3.8) is 0 Å². The lowest BCUT2D eigenvalue weighted by Crippen LogP contribution is -2.27. The lowest BCUT2D eigenvalue weighted by molar-refractivity contribution is 0.0744. The highest BCUT2D eigenvalue weighted by Crippen LogP contribution is 2.41. The van der Waals surface area contributed by atoms with Crippen molar-refractivity contribution in [1.29, 1.82) is 0 Å². The van der Waals surface area contributed by atoms with Crippen molar-refractivity contribution in [2.24, 2.45) is 0 Å². The van der Waals surface area contributed by atoms with Crippen LogP contribution in [0, 0.1) is 5.82 Å². The molecule has 1 amide bonds. The first-order valence-corrected chi connectivity index (χ1v) is 12.1. The minimum absolute atomic E-state index is 0.0468. The van der Waals surface area contributed by atoms with Gasteiger partial charge >= 0.3 is 0 Å². The molecular formula is C29H23FN4O4. The third kappa shape index (κ3) is 3.98. The molecule has 38 heavy (non-hydrogen) atoms. The number of carbonyl (C=O) groups excluding carboxylic acids is 1. The van der Waals surface area contributed by atoms with E-state index in [1.165, 1.54) is 21.6 Å². The van der Waals surface area contributed by atoms with Crippen LogP contribution in [-0.2, 0) is 26.1 Å². The van der Waals surface area contributed by atoms with Gasteiger partial charge in [0.15, 0.2) is 11.8 Å². The van der Waals surface area contributed by atoms with Crippen molar-refractivity contribution in [1.82, 2.24) is 19.7 Å². The molecule has 2 aromatic heterocycles. The maximum absolute atomic E-state index is 14.8. The van der Waals surface area contributed by atoms with Crippen molar-refractivity contribution in [3.8, 4) is 11.8 Å². The molecule has 8 nitrogen and oxygen atoms in total. The van der Waals surface area contributed by atoms with Crippen LogP contribution in [0.4, 0.5) is 4.39 Å². The van der Waals surface area contributed by atoms with Crippen LogP contribution in [0.5, 0.6) is 11.8 Å². The lowest BCUT2D eigenvalue weighted by atomic mass is 10.0. The van der Waals surface area contributed by atoms with Crippen LogP contribution in [0.1, 0.15) is 38.3 Å². The number of H-pyrrole nitrogens is 1. The molecule has 0 spiro atoms. The number of hydrogen-bond donors (Lipinski definition) is 3. The average molecular weight is 511 g/mol. The Balaban J connectivity index is 1.25. The molecule has 0 fully saturated rings. The van der Waals surface area contributed by atoms with Gasteiger partial charge < -0.3 is 15.1 Å². The van der Waals surface area contributed by atoms with Crippen LogP contribution in [0.25, 0.3) is 10.8 Å². The molecule has 190 valence electrons. The number of fused-ring (bicyclic) bond motifs is 2. The minimum Gasteiger partial charge on any atom is -0.494 e. The summed E-state index contributed by atoms with van der Waals surface area (Å²) >= 11 is 0. The fourth-order valence-corrected chi connectivity index (χ4v) is 5.04. The predicted molar refractivity (Wildman–Crippen MR) is 138 cm³/mol. The highest BCUT2D eigenvalue weighted by Gasteiger charge is 2.34. The summed E-state index contributed by atoms with van der Waals surface area (Å²) in [5, 5.41) is 29.4. The number of rotatable bonds is 5. The van der Waals surface area contributed by atoms with Crippen LogP contribution in [0.3, 0.4) is 0 Å². The zero-order chi connectivity index (χ0) is 26.4. The molecule has 1 aliphatic rings. The monoisotopic (exact) mass is 510 g/mol. The Morgan fingerprint density at radius 1 is 0.895 bits per heavy atom. The first-order valence-electron chi connectivity index (χ1n) is 12.1. The molecule has 0 unspecified atom stereocenters. The van der Waals surface area contributed by atoms with E-state index in [2.05, 4.69) is 10.2 Å². The SMILES string of the molecule is O=C(c1cc(Cc2n[nH]c(=O)c3ccccc23)ccc1F)N1Cc2c(c(O)n(Cc3ccccc3)c2O)C1. The molecule has 0 atom stereocenters. The molecule has 0 saturated carbocycles. The van der Waals surface area contributed by atoms with Crippen molar-refractivity contribution < 1.29 is 19.4 Å². The maximum atomic E-state index is 14.8. The highest BCUT2D eigenvalue weighted by molar-refractivity contribution is 5.95. The van der Waals surface area contributed by atoms with Crippen molar-refractivity contribution in [3.05, 3.63) is 122 Å². The second-order valence-electron chi connectivity index (χ2n) is 9.37. The molecular weight excluding hydrogens is 487 g/mol. The van der Waals surface area contributed by atoms with Gasteiger partial charge in [0.2, 0.25) is 0 Å². The number of carbonyl (C=O) groups is 1. The molecule has 3 N–H and O–H groups in total.